The molecular weight excluding hydrogens is 270 g/mol. The standard InChI is InChI=1S/C15H25N3O3/c1-15(2,3)21-14(20)17-12(9-19)13-7-16-10-18(13)8-11-5-4-6-11/h7,10-12,19H,4-6,8-9H2,1-3H3,(H,17,20). The maximum absolute atomic E-state index is 11.8. The number of ether oxygens (including phenoxy) is 1. The summed E-state index contributed by atoms with van der Waals surface area (Å²) < 4.78 is 7.25. The molecule has 118 valence electrons. The molecule has 1 aliphatic carbocycles. The van der Waals surface area contributed by atoms with Gasteiger partial charge in [-0.05, 0) is 39.5 Å². The average molecular weight is 295 g/mol. The number of carbonyl (C=O) groups is 1. The lowest BCUT2D eigenvalue weighted by atomic mass is 9.85. The largest absolute Gasteiger partial charge is 0.444 e. The molecule has 21 heavy (non-hydrogen) atoms. The molecule has 1 aromatic heterocycles. The van der Waals surface area contributed by atoms with Crippen molar-refractivity contribution >= 4 is 6.09 Å². The minimum Gasteiger partial charge on any atom is -0.444 e. The van der Waals surface area contributed by atoms with Gasteiger partial charge in [0.2, 0.25) is 0 Å². The molecule has 1 aromatic rings. The summed E-state index contributed by atoms with van der Waals surface area (Å²) in [5, 5.41) is 12.3. The van der Waals surface area contributed by atoms with E-state index in [0.29, 0.717) is 5.92 Å². The Morgan fingerprint density at radius 1 is 1.57 bits per heavy atom. The summed E-state index contributed by atoms with van der Waals surface area (Å²) in [6.45, 7) is 6.13. The molecule has 0 bridgehead atoms. The van der Waals surface area contributed by atoms with Gasteiger partial charge in [0.25, 0.3) is 0 Å². The molecule has 2 rings (SSSR count). The van der Waals surface area contributed by atoms with Gasteiger partial charge in [-0.1, -0.05) is 6.42 Å². The van der Waals surface area contributed by atoms with Crippen molar-refractivity contribution in [2.24, 2.45) is 5.92 Å². The van der Waals surface area contributed by atoms with Crippen molar-refractivity contribution in [1.82, 2.24) is 14.9 Å². The Kier molecular flexibility index (Phi) is 4.88. The zero-order valence-corrected chi connectivity index (χ0v) is 13.0. The van der Waals surface area contributed by atoms with Crippen molar-refractivity contribution < 1.29 is 14.6 Å². The van der Waals surface area contributed by atoms with E-state index in [1.165, 1.54) is 19.3 Å². The molecule has 6 nitrogen and oxygen atoms in total. The first-order valence-corrected chi connectivity index (χ1v) is 7.49. The number of aliphatic hydroxyl groups excluding tert-OH is 1. The van der Waals surface area contributed by atoms with Gasteiger partial charge < -0.3 is 19.7 Å². The number of alkyl carbamates (subject to hydrolysis) is 1. The minimum atomic E-state index is -0.559. The van der Waals surface area contributed by atoms with Crippen molar-refractivity contribution in [3.8, 4) is 0 Å². The van der Waals surface area contributed by atoms with Crippen LogP contribution in [0.15, 0.2) is 12.5 Å². The molecule has 0 aromatic carbocycles. The number of hydrogen-bond donors (Lipinski definition) is 2. The monoisotopic (exact) mass is 295 g/mol. The molecule has 1 unspecified atom stereocenters. The second-order valence-corrected chi connectivity index (χ2v) is 6.65. The highest BCUT2D eigenvalue weighted by molar-refractivity contribution is 5.68. The second kappa shape index (κ2) is 6.47. The maximum Gasteiger partial charge on any atom is 0.408 e. The Hall–Kier alpha value is -1.56. The summed E-state index contributed by atoms with van der Waals surface area (Å²) in [5.74, 6) is 0.679. The van der Waals surface area contributed by atoms with Crippen LogP contribution in [0, 0.1) is 5.92 Å². The number of carbonyl (C=O) groups excluding carboxylic acids is 1. The van der Waals surface area contributed by atoms with E-state index in [9.17, 15) is 9.90 Å². The number of rotatable bonds is 5. The van der Waals surface area contributed by atoms with Crippen LogP contribution >= 0.6 is 0 Å². The van der Waals surface area contributed by atoms with Gasteiger partial charge in [0.15, 0.2) is 0 Å². The number of amides is 1. The molecule has 1 saturated carbocycles. The number of aliphatic hydroxyl groups is 1. The molecule has 1 amide bonds. The predicted octanol–water partition coefficient (Wildman–Crippen LogP) is 2.24. The van der Waals surface area contributed by atoms with Crippen LogP contribution in [0.1, 0.15) is 51.8 Å². The highest BCUT2D eigenvalue weighted by Gasteiger charge is 2.24. The zero-order chi connectivity index (χ0) is 15.5. The van der Waals surface area contributed by atoms with Crippen molar-refractivity contribution in [3.63, 3.8) is 0 Å². The molecule has 0 aliphatic heterocycles. The third kappa shape index (κ3) is 4.46. The Balaban J connectivity index is 2.00. The van der Waals surface area contributed by atoms with E-state index in [0.717, 1.165) is 12.2 Å². The first kappa shape index (κ1) is 15.8. The van der Waals surface area contributed by atoms with Crippen LogP contribution in [0.4, 0.5) is 4.79 Å². The van der Waals surface area contributed by atoms with Crippen LogP contribution in [-0.4, -0.2) is 33.0 Å². The fourth-order valence-electron chi connectivity index (χ4n) is 2.39. The second-order valence-electron chi connectivity index (χ2n) is 6.65. The minimum absolute atomic E-state index is 0.185. The smallest absolute Gasteiger partial charge is 0.408 e. The van der Waals surface area contributed by atoms with Crippen molar-refractivity contribution in [2.75, 3.05) is 6.61 Å². The van der Waals surface area contributed by atoms with Gasteiger partial charge >= 0.3 is 6.09 Å². The van der Waals surface area contributed by atoms with Crippen LogP contribution in [0.5, 0.6) is 0 Å². The number of hydrogen-bond acceptors (Lipinski definition) is 4. The SMILES string of the molecule is CC(C)(C)OC(=O)NC(CO)c1cncn1CC1CCC1. The maximum atomic E-state index is 11.8. The van der Waals surface area contributed by atoms with Gasteiger partial charge in [0.05, 0.1) is 30.9 Å². The summed E-state index contributed by atoms with van der Waals surface area (Å²) in [7, 11) is 0. The Bertz CT molecular complexity index is 475. The quantitative estimate of drug-likeness (QED) is 0.873. The van der Waals surface area contributed by atoms with Crippen molar-refractivity contribution in [2.45, 2.75) is 58.2 Å². The summed E-state index contributed by atoms with van der Waals surface area (Å²) in [6.07, 6.45) is 6.68. The van der Waals surface area contributed by atoms with E-state index in [4.69, 9.17) is 4.74 Å². The zero-order valence-electron chi connectivity index (χ0n) is 13.0. The van der Waals surface area contributed by atoms with Gasteiger partial charge in [-0.3, -0.25) is 0 Å². The van der Waals surface area contributed by atoms with Crippen LogP contribution < -0.4 is 5.32 Å². The molecule has 1 atom stereocenters. The van der Waals surface area contributed by atoms with E-state index in [-0.39, 0.29) is 6.61 Å². The van der Waals surface area contributed by atoms with E-state index in [1.54, 1.807) is 33.3 Å². The molecular formula is C15H25N3O3. The van der Waals surface area contributed by atoms with Gasteiger partial charge in [0, 0.05) is 6.54 Å². The highest BCUT2D eigenvalue weighted by Crippen LogP contribution is 2.29. The van der Waals surface area contributed by atoms with E-state index in [2.05, 4.69) is 10.3 Å². The third-order valence-electron chi connectivity index (χ3n) is 3.65. The molecule has 1 fully saturated rings. The van der Waals surface area contributed by atoms with Gasteiger partial charge in [-0.15, -0.1) is 0 Å². The van der Waals surface area contributed by atoms with E-state index in [1.807, 2.05) is 4.57 Å². The molecule has 0 spiro atoms. The Labute approximate surface area is 125 Å². The van der Waals surface area contributed by atoms with E-state index < -0.39 is 17.7 Å². The van der Waals surface area contributed by atoms with Crippen molar-refractivity contribution in [1.29, 1.82) is 0 Å². The number of nitrogens with one attached hydrogen (secondary N) is 1. The highest BCUT2D eigenvalue weighted by atomic mass is 16.6. The molecule has 0 saturated heterocycles. The van der Waals surface area contributed by atoms with Gasteiger partial charge in [0.1, 0.15) is 5.60 Å². The summed E-state index contributed by atoms with van der Waals surface area (Å²) in [6, 6.07) is -0.498. The van der Waals surface area contributed by atoms with Crippen LogP contribution in [0.25, 0.3) is 0 Å². The number of aromatic nitrogens is 2. The first-order chi connectivity index (χ1) is 9.89. The fraction of sp³-hybridized carbons (Fsp3) is 0.733. The normalized spacial score (nSPS) is 17.1. The lowest BCUT2D eigenvalue weighted by molar-refractivity contribution is 0.0478. The lowest BCUT2D eigenvalue weighted by Crippen LogP contribution is -2.37. The van der Waals surface area contributed by atoms with Crippen LogP contribution in [0.2, 0.25) is 0 Å². The summed E-state index contributed by atoms with van der Waals surface area (Å²) >= 11 is 0. The summed E-state index contributed by atoms with van der Waals surface area (Å²) in [5.41, 5.74) is 0.256. The van der Waals surface area contributed by atoms with E-state index >= 15 is 0 Å². The topological polar surface area (TPSA) is 76.4 Å². The molecule has 1 heterocycles. The molecule has 0 radical (unpaired) electrons. The van der Waals surface area contributed by atoms with Gasteiger partial charge in [-0.25, -0.2) is 9.78 Å². The average Bonchev–Trinajstić information content (AvgIpc) is 2.76. The van der Waals surface area contributed by atoms with Crippen LogP contribution in [0.3, 0.4) is 0 Å². The van der Waals surface area contributed by atoms with Crippen molar-refractivity contribution in [3.05, 3.63) is 18.2 Å². The number of nitrogens with zero attached hydrogens (tertiary/aromatic N) is 2. The van der Waals surface area contributed by atoms with Gasteiger partial charge in [-0.2, -0.15) is 0 Å². The predicted molar refractivity (Wildman–Crippen MR) is 78.8 cm³/mol. The fourth-order valence-corrected chi connectivity index (χ4v) is 2.39. The Morgan fingerprint density at radius 2 is 2.29 bits per heavy atom. The lowest BCUT2D eigenvalue weighted by Gasteiger charge is -2.28. The van der Waals surface area contributed by atoms with Crippen LogP contribution in [-0.2, 0) is 11.3 Å². The molecule has 2 N–H and O–H groups in total. The first-order valence-electron chi connectivity index (χ1n) is 7.49. The molecule has 1 aliphatic rings. The molecule has 6 heteroatoms. The summed E-state index contributed by atoms with van der Waals surface area (Å²) in [4.78, 5) is 16.0. The number of imidazole rings is 1. The third-order valence-corrected chi connectivity index (χ3v) is 3.65. The Morgan fingerprint density at radius 3 is 2.81 bits per heavy atom.